The molecule has 0 saturated heterocycles. The molecule has 5 nitrogen and oxygen atoms in total. The van der Waals surface area contributed by atoms with Gasteiger partial charge < -0.3 is 15.7 Å². The molecule has 3 N–H and O–H groups in total. The highest BCUT2D eigenvalue weighted by Crippen LogP contribution is 2.34. The summed E-state index contributed by atoms with van der Waals surface area (Å²) in [5, 5.41) is 14.8. The number of hydrogen-bond acceptors (Lipinski definition) is 2. The maximum absolute atomic E-state index is 12.0. The fraction of sp³-hybridized carbons (Fsp3) is 0.500. The van der Waals surface area contributed by atoms with Gasteiger partial charge in [-0.25, -0.2) is 9.59 Å². The second kappa shape index (κ2) is 6.61. The smallest absolute Gasteiger partial charge is 0.326 e. The molecule has 21 heavy (non-hydrogen) atoms. The average molecular weight is 290 g/mol. The molecule has 0 spiro atoms. The first-order valence-electron chi connectivity index (χ1n) is 7.40. The zero-order valence-electron chi connectivity index (χ0n) is 12.3. The number of benzene rings is 1. The van der Waals surface area contributed by atoms with Gasteiger partial charge in [-0.05, 0) is 31.2 Å². The molecule has 0 radical (unpaired) electrons. The van der Waals surface area contributed by atoms with Crippen molar-refractivity contribution in [3.8, 4) is 0 Å². The number of urea groups is 1. The molecule has 5 heteroatoms. The van der Waals surface area contributed by atoms with Crippen LogP contribution in [-0.2, 0) is 11.2 Å². The van der Waals surface area contributed by atoms with Gasteiger partial charge in [0, 0.05) is 12.0 Å². The van der Waals surface area contributed by atoms with E-state index in [1.54, 1.807) is 0 Å². The molecule has 1 aliphatic rings. The molecule has 1 aliphatic carbocycles. The molecule has 1 unspecified atom stereocenters. The Labute approximate surface area is 124 Å². The molecule has 1 atom stereocenters. The predicted molar refractivity (Wildman–Crippen MR) is 80.1 cm³/mol. The molecule has 1 fully saturated rings. The lowest BCUT2D eigenvalue weighted by Crippen LogP contribution is -2.58. The Morgan fingerprint density at radius 3 is 2.43 bits per heavy atom. The minimum atomic E-state index is -1.02. The standard InChI is InChI=1S/C16H22N2O3/c1-2-16(9-6-10-16)18-15(21)17-13(14(19)20)11-12-7-4-3-5-8-12/h3-5,7-8,13H,2,6,9-11H2,1H3,(H,19,20)(H2,17,18,21). The summed E-state index contributed by atoms with van der Waals surface area (Å²) in [6.45, 7) is 2.04. The summed E-state index contributed by atoms with van der Waals surface area (Å²) >= 11 is 0. The van der Waals surface area contributed by atoms with E-state index in [4.69, 9.17) is 0 Å². The van der Waals surface area contributed by atoms with Crippen LogP contribution >= 0.6 is 0 Å². The van der Waals surface area contributed by atoms with Crippen molar-refractivity contribution in [2.75, 3.05) is 0 Å². The zero-order chi connectivity index (χ0) is 15.3. The number of carbonyl (C=O) groups excluding carboxylic acids is 1. The molecule has 0 aliphatic heterocycles. The highest BCUT2D eigenvalue weighted by Gasteiger charge is 2.37. The number of carbonyl (C=O) groups is 2. The van der Waals surface area contributed by atoms with E-state index in [0.717, 1.165) is 31.2 Å². The molecule has 0 aromatic heterocycles. The average Bonchev–Trinajstić information content (AvgIpc) is 2.43. The normalized spacial score (nSPS) is 17.4. The summed E-state index contributed by atoms with van der Waals surface area (Å²) in [6.07, 6.45) is 4.20. The molecular formula is C16H22N2O3. The lowest BCUT2D eigenvalue weighted by molar-refractivity contribution is -0.139. The SMILES string of the molecule is CCC1(NC(=O)NC(Cc2ccccc2)C(=O)O)CCC1. The van der Waals surface area contributed by atoms with E-state index in [-0.39, 0.29) is 18.0 Å². The van der Waals surface area contributed by atoms with Crippen LogP contribution in [0.2, 0.25) is 0 Å². The summed E-state index contributed by atoms with van der Waals surface area (Å²) in [6, 6.07) is 8.00. The highest BCUT2D eigenvalue weighted by molar-refractivity contribution is 5.83. The monoisotopic (exact) mass is 290 g/mol. The van der Waals surface area contributed by atoms with Gasteiger partial charge in [0.2, 0.25) is 0 Å². The van der Waals surface area contributed by atoms with Crippen LogP contribution in [0.3, 0.4) is 0 Å². The van der Waals surface area contributed by atoms with Gasteiger partial charge >= 0.3 is 12.0 Å². The van der Waals surface area contributed by atoms with Crippen molar-refractivity contribution in [1.29, 1.82) is 0 Å². The van der Waals surface area contributed by atoms with Crippen LogP contribution in [0.5, 0.6) is 0 Å². The quantitative estimate of drug-likeness (QED) is 0.752. The van der Waals surface area contributed by atoms with Gasteiger partial charge in [0.25, 0.3) is 0 Å². The van der Waals surface area contributed by atoms with Crippen LogP contribution in [0.25, 0.3) is 0 Å². The Kier molecular flexibility index (Phi) is 4.83. The molecule has 2 amide bonds. The largest absolute Gasteiger partial charge is 0.480 e. The van der Waals surface area contributed by atoms with Crippen LogP contribution in [0, 0.1) is 0 Å². The Morgan fingerprint density at radius 2 is 1.95 bits per heavy atom. The molecule has 2 rings (SSSR count). The number of hydrogen-bond donors (Lipinski definition) is 3. The van der Waals surface area contributed by atoms with Crippen molar-refractivity contribution in [1.82, 2.24) is 10.6 Å². The van der Waals surface area contributed by atoms with Crippen LogP contribution in [0.1, 0.15) is 38.2 Å². The fourth-order valence-corrected chi connectivity index (χ4v) is 2.66. The number of rotatable bonds is 6. The second-order valence-electron chi connectivity index (χ2n) is 5.67. The fourth-order valence-electron chi connectivity index (χ4n) is 2.66. The second-order valence-corrected chi connectivity index (χ2v) is 5.67. The van der Waals surface area contributed by atoms with E-state index in [9.17, 15) is 14.7 Å². The summed E-state index contributed by atoms with van der Waals surface area (Å²) < 4.78 is 0. The maximum Gasteiger partial charge on any atom is 0.326 e. The van der Waals surface area contributed by atoms with Gasteiger partial charge in [-0.2, -0.15) is 0 Å². The van der Waals surface area contributed by atoms with E-state index >= 15 is 0 Å². The predicted octanol–water partition coefficient (Wildman–Crippen LogP) is 2.31. The van der Waals surface area contributed by atoms with Gasteiger partial charge in [0.05, 0.1) is 0 Å². The molecule has 1 aromatic carbocycles. The van der Waals surface area contributed by atoms with Crippen LogP contribution in [0.4, 0.5) is 4.79 Å². The Hall–Kier alpha value is -2.04. The van der Waals surface area contributed by atoms with E-state index in [2.05, 4.69) is 10.6 Å². The van der Waals surface area contributed by atoms with Crippen LogP contribution in [-0.4, -0.2) is 28.7 Å². The lowest BCUT2D eigenvalue weighted by Gasteiger charge is -2.42. The first kappa shape index (κ1) is 15.4. The molecule has 0 bridgehead atoms. The summed E-state index contributed by atoms with van der Waals surface area (Å²) in [5.41, 5.74) is 0.749. The maximum atomic E-state index is 12.0. The number of carboxylic acids is 1. The number of amides is 2. The van der Waals surface area contributed by atoms with Crippen LogP contribution < -0.4 is 10.6 Å². The van der Waals surface area contributed by atoms with Gasteiger partial charge in [0.15, 0.2) is 0 Å². The molecule has 0 heterocycles. The van der Waals surface area contributed by atoms with Crippen molar-refractivity contribution < 1.29 is 14.7 Å². The van der Waals surface area contributed by atoms with E-state index in [1.165, 1.54) is 0 Å². The van der Waals surface area contributed by atoms with Crippen molar-refractivity contribution in [3.05, 3.63) is 35.9 Å². The van der Waals surface area contributed by atoms with Gasteiger partial charge in [0.1, 0.15) is 6.04 Å². The number of carboxylic acid groups (broad SMARTS) is 1. The third kappa shape index (κ3) is 3.97. The Bertz CT molecular complexity index is 492. The Morgan fingerprint density at radius 1 is 1.29 bits per heavy atom. The van der Waals surface area contributed by atoms with Gasteiger partial charge in [-0.3, -0.25) is 0 Å². The van der Waals surface area contributed by atoms with Crippen molar-refractivity contribution in [2.45, 2.75) is 50.6 Å². The first-order valence-corrected chi connectivity index (χ1v) is 7.40. The number of aliphatic carboxylic acids is 1. The zero-order valence-corrected chi connectivity index (χ0v) is 12.3. The minimum absolute atomic E-state index is 0.139. The topological polar surface area (TPSA) is 78.4 Å². The van der Waals surface area contributed by atoms with Gasteiger partial charge in [-0.1, -0.05) is 37.3 Å². The highest BCUT2D eigenvalue weighted by atomic mass is 16.4. The lowest BCUT2D eigenvalue weighted by atomic mass is 9.75. The van der Waals surface area contributed by atoms with Crippen molar-refractivity contribution in [2.24, 2.45) is 0 Å². The summed E-state index contributed by atoms with van der Waals surface area (Å²) in [7, 11) is 0. The third-order valence-electron chi connectivity index (χ3n) is 4.25. The summed E-state index contributed by atoms with van der Waals surface area (Å²) in [4.78, 5) is 23.3. The summed E-state index contributed by atoms with van der Waals surface area (Å²) in [5.74, 6) is -1.02. The van der Waals surface area contributed by atoms with Crippen molar-refractivity contribution in [3.63, 3.8) is 0 Å². The van der Waals surface area contributed by atoms with E-state index in [1.807, 2.05) is 37.3 Å². The Balaban J connectivity index is 1.93. The number of nitrogens with one attached hydrogen (secondary N) is 2. The molecule has 1 aromatic rings. The first-order chi connectivity index (χ1) is 10.0. The van der Waals surface area contributed by atoms with Crippen LogP contribution in [0.15, 0.2) is 30.3 Å². The molecule has 1 saturated carbocycles. The van der Waals surface area contributed by atoms with E-state index < -0.39 is 12.0 Å². The van der Waals surface area contributed by atoms with Crippen molar-refractivity contribution >= 4 is 12.0 Å². The third-order valence-corrected chi connectivity index (χ3v) is 4.25. The van der Waals surface area contributed by atoms with Gasteiger partial charge in [-0.15, -0.1) is 0 Å². The molecular weight excluding hydrogens is 268 g/mol. The minimum Gasteiger partial charge on any atom is -0.480 e. The van der Waals surface area contributed by atoms with E-state index in [0.29, 0.717) is 0 Å². The molecule has 114 valence electrons.